The Morgan fingerprint density at radius 2 is 1.41 bits per heavy atom. The Labute approximate surface area is 163 Å². The molecule has 0 radical (unpaired) electrons. The molecule has 1 aliphatic carbocycles. The molecule has 2 aromatic rings. The summed E-state index contributed by atoms with van der Waals surface area (Å²) in [5.74, 6) is 0.446. The smallest absolute Gasteiger partial charge is 0.306 e. The molecule has 3 heteroatoms. The van der Waals surface area contributed by atoms with Gasteiger partial charge in [-0.3, -0.25) is 9.69 Å². The number of esters is 1. The molecule has 2 aromatic carbocycles. The molecular weight excluding hydrogens is 334 g/mol. The summed E-state index contributed by atoms with van der Waals surface area (Å²) in [5, 5.41) is 0. The third kappa shape index (κ3) is 6.21. The van der Waals surface area contributed by atoms with Gasteiger partial charge >= 0.3 is 5.97 Å². The molecule has 0 atom stereocenters. The van der Waals surface area contributed by atoms with Crippen molar-refractivity contribution in [2.75, 3.05) is 6.61 Å². The van der Waals surface area contributed by atoms with E-state index < -0.39 is 0 Å². The van der Waals surface area contributed by atoms with Crippen molar-refractivity contribution in [2.45, 2.75) is 58.2 Å². The molecule has 0 bridgehead atoms. The highest BCUT2D eigenvalue weighted by Crippen LogP contribution is 2.31. The zero-order valence-electron chi connectivity index (χ0n) is 16.3. The molecule has 27 heavy (non-hydrogen) atoms. The van der Waals surface area contributed by atoms with E-state index in [1.165, 1.54) is 11.1 Å². The molecule has 0 aliphatic heterocycles. The van der Waals surface area contributed by atoms with Crippen LogP contribution in [0, 0.1) is 5.92 Å². The zero-order chi connectivity index (χ0) is 18.9. The normalized spacial score (nSPS) is 19.8. The van der Waals surface area contributed by atoms with E-state index in [2.05, 4.69) is 65.6 Å². The van der Waals surface area contributed by atoms with Gasteiger partial charge in [-0.1, -0.05) is 60.7 Å². The summed E-state index contributed by atoms with van der Waals surface area (Å²) in [6.07, 6.45) is 5.12. The number of carbonyl (C=O) groups excluding carboxylic acids is 1. The van der Waals surface area contributed by atoms with E-state index in [1.807, 2.05) is 6.92 Å². The van der Waals surface area contributed by atoms with E-state index in [-0.39, 0.29) is 5.97 Å². The van der Waals surface area contributed by atoms with Crippen LogP contribution in [-0.2, 0) is 22.6 Å². The van der Waals surface area contributed by atoms with Crippen LogP contribution in [0.4, 0.5) is 0 Å². The predicted octanol–water partition coefficient (Wildman–Crippen LogP) is 5.20. The predicted molar refractivity (Wildman–Crippen MR) is 109 cm³/mol. The Bertz CT molecular complexity index is 637. The summed E-state index contributed by atoms with van der Waals surface area (Å²) < 4.78 is 5.13. The molecular formula is C24H31NO2. The highest BCUT2D eigenvalue weighted by Gasteiger charge is 2.27. The van der Waals surface area contributed by atoms with Gasteiger partial charge in [-0.2, -0.15) is 0 Å². The van der Waals surface area contributed by atoms with Crippen LogP contribution in [0.2, 0.25) is 0 Å². The van der Waals surface area contributed by atoms with Crippen molar-refractivity contribution in [1.29, 1.82) is 0 Å². The van der Waals surface area contributed by atoms with Crippen molar-refractivity contribution in [3.63, 3.8) is 0 Å². The van der Waals surface area contributed by atoms with Crippen LogP contribution < -0.4 is 0 Å². The van der Waals surface area contributed by atoms with Crippen LogP contribution in [0.1, 0.15) is 50.2 Å². The SMILES string of the molecule is CCOC(=O)C[C@H]1CC[C@H](N(Cc2ccccc2)Cc2ccccc2)CC1. The summed E-state index contributed by atoms with van der Waals surface area (Å²) in [6, 6.07) is 22.0. The number of hydrogen-bond donors (Lipinski definition) is 0. The van der Waals surface area contributed by atoms with Crippen LogP contribution in [0.25, 0.3) is 0 Å². The van der Waals surface area contributed by atoms with E-state index in [9.17, 15) is 4.79 Å². The van der Waals surface area contributed by atoms with Crippen molar-refractivity contribution < 1.29 is 9.53 Å². The summed E-state index contributed by atoms with van der Waals surface area (Å²) in [7, 11) is 0. The molecule has 144 valence electrons. The first-order chi connectivity index (χ1) is 13.2. The number of benzene rings is 2. The first-order valence-corrected chi connectivity index (χ1v) is 10.2. The van der Waals surface area contributed by atoms with E-state index in [0.717, 1.165) is 38.8 Å². The second-order valence-electron chi connectivity index (χ2n) is 7.56. The minimum atomic E-state index is -0.0358. The monoisotopic (exact) mass is 365 g/mol. The molecule has 0 aromatic heterocycles. The first-order valence-electron chi connectivity index (χ1n) is 10.2. The average molecular weight is 366 g/mol. The van der Waals surface area contributed by atoms with E-state index in [0.29, 0.717) is 25.0 Å². The van der Waals surface area contributed by atoms with Gasteiger partial charge in [-0.05, 0) is 49.7 Å². The molecule has 1 saturated carbocycles. The molecule has 0 N–H and O–H groups in total. The van der Waals surface area contributed by atoms with Gasteiger partial charge in [0.2, 0.25) is 0 Å². The maximum Gasteiger partial charge on any atom is 0.306 e. The Balaban J connectivity index is 1.62. The summed E-state index contributed by atoms with van der Waals surface area (Å²) in [6.45, 7) is 4.31. The van der Waals surface area contributed by atoms with Gasteiger partial charge in [0, 0.05) is 25.6 Å². The zero-order valence-corrected chi connectivity index (χ0v) is 16.3. The van der Waals surface area contributed by atoms with Gasteiger partial charge in [-0.15, -0.1) is 0 Å². The van der Waals surface area contributed by atoms with Crippen molar-refractivity contribution in [2.24, 2.45) is 5.92 Å². The summed E-state index contributed by atoms with van der Waals surface area (Å²) in [4.78, 5) is 14.4. The van der Waals surface area contributed by atoms with Crippen LogP contribution in [0.3, 0.4) is 0 Å². The van der Waals surface area contributed by atoms with Crippen LogP contribution in [-0.4, -0.2) is 23.5 Å². The van der Waals surface area contributed by atoms with Crippen molar-refractivity contribution in [1.82, 2.24) is 4.90 Å². The molecule has 1 aliphatic rings. The van der Waals surface area contributed by atoms with E-state index >= 15 is 0 Å². The second kappa shape index (κ2) is 10.3. The van der Waals surface area contributed by atoms with Gasteiger partial charge in [-0.25, -0.2) is 0 Å². The minimum absolute atomic E-state index is 0.0358. The fourth-order valence-electron chi connectivity index (χ4n) is 4.12. The third-order valence-corrected chi connectivity index (χ3v) is 5.55. The molecule has 3 nitrogen and oxygen atoms in total. The number of ether oxygens (including phenoxy) is 1. The van der Waals surface area contributed by atoms with Gasteiger partial charge in [0.05, 0.1) is 6.61 Å². The molecule has 1 fully saturated rings. The Morgan fingerprint density at radius 1 is 0.889 bits per heavy atom. The topological polar surface area (TPSA) is 29.5 Å². The van der Waals surface area contributed by atoms with Gasteiger partial charge in [0.25, 0.3) is 0 Å². The van der Waals surface area contributed by atoms with Gasteiger partial charge in [0.15, 0.2) is 0 Å². The number of nitrogens with zero attached hydrogens (tertiary/aromatic N) is 1. The van der Waals surface area contributed by atoms with E-state index in [4.69, 9.17) is 4.74 Å². The van der Waals surface area contributed by atoms with Gasteiger partial charge < -0.3 is 4.74 Å². The Morgan fingerprint density at radius 3 is 1.89 bits per heavy atom. The fourth-order valence-corrected chi connectivity index (χ4v) is 4.12. The van der Waals surface area contributed by atoms with E-state index in [1.54, 1.807) is 0 Å². The van der Waals surface area contributed by atoms with Crippen LogP contribution >= 0.6 is 0 Å². The highest BCUT2D eigenvalue weighted by atomic mass is 16.5. The molecule has 3 rings (SSSR count). The quantitative estimate of drug-likeness (QED) is 0.602. The molecule has 0 unspecified atom stereocenters. The first kappa shape index (κ1) is 19.6. The lowest BCUT2D eigenvalue weighted by atomic mass is 9.83. The van der Waals surface area contributed by atoms with Crippen LogP contribution in [0.5, 0.6) is 0 Å². The van der Waals surface area contributed by atoms with Crippen molar-refractivity contribution >= 4 is 5.97 Å². The molecule has 0 heterocycles. The minimum Gasteiger partial charge on any atom is -0.466 e. The molecule has 0 saturated heterocycles. The lowest BCUT2D eigenvalue weighted by molar-refractivity contribution is -0.144. The molecule has 0 spiro atoms. The highest BCUT2D eigenvalue weighted by molar-refractivity contribution is 5.69. The average Bonchev–Trinajstić information content (AvgIpc) is 2.70. The number of carbonyl (C=O) groups is 1. The summed E-state index contributed by atoms with van der Waals surface area (Å²) >= 11 is 0. The number of hydrogen-bond acceptors (Lipinski definition) is 3. The van der Waals surface area contributed by atoms with Crippen molar-refractivity contribution in [3.05, 3.63) is 71.8 Å². The Hall–Kier alpha value is -2.13. The maximum atomic E-state index is 11.8. The largest absolute Gasteiger partial charge is 0.466 e. The Kier molecular flexibility index (Phi) is 7.46. The third-order valence-electron chi connectivity index (χ3n) is 5.55. The van der Waals surface area contributed by atoms with Crippen molar-refractivity contribution in [3.8, 4) is 0 Å². The number of rotatable bonds is 8. The summed E-state index contributed by atoms with van der Waals surface area (Å²) in [5.41, 5.74) is 2.73. The standard InChI is InChI=1S/C24H31NO2/c1-2-27-24(26)17-20-13-15-23(16-14-20)25(18-21-9-5-3-6-10-21)19-22-11-7-4-8-12-22/h3-12,20,23H,2,13-19H2,1H3/t20-,23-. The lowest BCUT2D eigenvalue weighted by Crippen LogP contribution is -2.37. The second-order valence-corrected chi connectivity index (χ2v) is 7.56. The molecule has 0 amide bonds. The van der Waals surface area contributed by atoms with Gasteiger partial charge in [0.1, 0.15) is 0 Å². The maximum absolute atomic E-state index is 11.8. The lowest BCUT2D eigenvalue weighted by Gasteiger charge is -2.37. The van der Waals surface area contributed by atoms with Crippen LogP contribution in [0.15, 0.2) is 60.7 Å². The fraction of sp³-hybridized carbons (Fsp3) is 0.458.